The first-order valence-corrected chi connectivity index (χ1v) is 13.2. The summed E-state index contributed by atoms with van der Waals surface area (Å²) in [6, 6.07) is 5.00. The molecule has 1 heterocycles. The Morgan fingerprint density at radius 1 is 0.854 bits per heavy atom. The number of nitrogens with zero attached hydrogens (tertiary/aromatic N) is 3. The summed E-state index contributed by atoms with van der Waals surface area (Å²) >= 11 is 0. The van der Waals surface area contributed by atoms with Crippen molar-refractivity contribution >= 4 is 17.6 Å². The zero-order valence-corrected chi connectivity index (χ0v) is 22.5. The number of hydrogen-bond donors (Lipinski definition) is 1. The van der Waals surface area contributed by atoms with E-state index in [4.69, 9.17) is 5.73 Å². The lowest BCUT2D eigenvalue weighted by molar-refractivity contribution is -0.143. The van der Waals surface area contributed by atoms with Crippen LogP contribution < -0.4 is 10.6 Å². The standard InChI is InChI=1S/C28H31F7N4O2/c1-37(22-12-18(27(30,31)32)11-19(13-22)28(33,34)35)26(41)38(2)24-15-39(25(40)17-5-9-21(36)10-6-17)14-23(24)16-3-7-20(29)8-4-16/h3-4,7-8,11-13,17,21,23-24H,5-6,9-10,14-15,36H2,1-2H3. The second kappa shape index (κ2) is 11.5. The largest absolute Gasteiger partial charge is 0.416 e. The Morgan fingerprint density at radius 2 is 1.39 bits per heavy atom. The number of halogens is 7. The van der Waals surface area contributed by atoms with Gasteiger partial charge in [-0.25, -0.2) is 9.18 Å². The Kier molecular flexibility index (Phi) is 8.58. The van der Waals surface area contributed by atoms with Crippen molar-refractivity contribution in [2.45, 2.75) is 56.0 Å². The molecule has 1 aliphatic heterocycles. The molecule has 1 saturated heterocycles. The zero-order chi connectivity index (χ0) is 30.3. The van der Waals surface area contributed by atoms with Crippen LogP contribution in [0.5, 0.6) is 0 Å². The minimum Gasteiger partial charge on any atom is -0.340 e. The number of rotatable bonds is 4. The van der Waals surface area contributed by atoms with Crippen molar-refractivity contribution in [1.29, 1.82) is 0 Å². The third-order valence-electron chi connectivity index (χ3n) is 8.07. The van der Waals surface area contributed by atoms with Gasteiger partial charge in [-0.3, -0.25) is 9.69 Å². The van der Waals surface area contributed by atoms with Gasteiger partial charge >= 0.3 is 18.4 Å². The number of nitrogens with two attached hydrogens (primary N) is 1. The van der Waals surface area contributed by atoms with E-state index >= 15 is 0 Å². The lowest BCUT2D eigenvalue weighted by Crippen LogP contribution is -2.48. The first kappa shape index (κ1) is 30.6. The number of alkyl halides is 6. The fourth-order valence-corrected chi connectivity index (χ4v) is 5.64. The average Bonchev–Trinajstić information content (AvgIpc) is 3.36. The van der Waals surface area contributed by atoms with Crippen molar-refractivity contribution < 1.29 is 40.3 Å². The van der Waals surface area contributed by atoms with Gasteiger partial charge in [-0.1, -0.05) is 12.1 Å². The summed E-state index contributed by atoms with van der Waals surface area (Å²) in [6.45, 7) is 0.302. The predicted molar refractivity (Wildman–Crippen MR) is 137 cm³/mol. The van der Waals surface area contributed by atoms with E-state index in [2.05, 4.69) is 0 Å². The lowest BCUT2D eigenvalue weighted by Gasteiger charge is -2.33. The van der Waals surface area contributed by atoms with E-state index in [1.54, 1.807) is 4.90 Å². The lowest BCUT2D eigenvalue weighted by atomic mass is 9.85. The van der Waals surface area contributed by atoms with Crippen LogP contribution in [0.3, 0.4) is 0 Å². The van der Waals surface area contributed by atoms with Gasteiger partial charge in [-0.15, -0.1) is 0 Å². The maximum absolute atomic E-state index is 13.7. The number of anilines is 1. The van der Waals surface area contributed by atoms with Crippen LogP contribution in [-0.4, -0.2) is 61.0 Å². The molecule has 2 aromatic rings. The van der Waals surface area contributed by atoms with Crippen molar-refractivity contribution in [2.24, 2.45) is 11.7 Å². The number of amides is 3. The molecule has 41 heavy (non-hydrogen) atoms. The summed E-state index contributed by atoms with van der Waals surface area (Å²) < 4.78 is 94.1. The quantitative estimate of drug-likeness (QED) is 0.455. The SMILES string of the molecule is CN(C(=O)N(C)C1CN(C(=O)C2CCC(N)CC2)CC1c1ccc(F)cc1)c1cc(C(F)(F)F)cc(C(F)(F)F)c1. The number of likely N-dealkylation sites (N-methyl/N-ethyl adjacent to an activating group) is 1. The highest BCUT2D eigenvalue weighted by atomic mass is 19.4. The van der Waals surface area contributed by atoms with Crippen LogP contribution in [0.2, 0.25) is 0 Å². The van der Waals surface area contributed by atoms with Gasteiger partial charge in [0.2, 0.25) is 5.91 Å². The summed E-state index contributed by atoms with van der Waals surface area (Å²) in [6.07, 6.45) is -7.50. The maximum atomic E-state index is 13.7. The third kappa shape index (κ3) is 6.77. The van der Waals surface area contributed by atoms with Crippen molar-refractivity contribution in [1.82, 2.24) is 9.80 Å². The van der Waals surface area contributed by atoms with Gasteiger partial charge < -0.3 is 15.5 Å². The number of carbonyl (C=O) groups excluding carboxylic acids is 2. The van der Waals surface area contributed by atoms with Crippen LogP contribution in [0.1, 0.15) is 48.3 Å². The number of likely N-dealkylation sites (tertiary alicyclic amines) is 1. The molecule has 2 aliphatic rings. The Bertz CT molecular complexity index is 1230. The average molecular weight is 589 g/mol. The smallest absolute Gasteiger partial charge is 0.340 e. The predicted octanol–water partition coefficient (Wildman–Crippen LogP) is 5.86. The van der Waals surface area contributed by atoms with Crippen LogP contribution in [-0.2, 0) is 17.1 Å². The minimum atomic E-state index is -5.07. The molecular weight excluding hydrogens is 557 g/mol. The Hall–Kier alpha value is -3.35. The van der Waals surface area contributed by atoms with Gasteiger partial charge in [0.05, 0.1) is 17.2 Å². The molecule has 0 spiro atoms. The van der Waals surface area contributed by atoms with Crippen molar-refractivity contribution in [3.63, 3.8) is 0 Å². The van der Waals surface area contributed by atoms with Crippen molar-refractivity contribution in [3.05, 3.63) is 65.0 Å². The number of benzene rings is 2. The van der Waals surface area contributed by atoms with E-state index in [0.717, 1.165) is 11.9 Å². The molecule has 2 N–H and O–H groups in total. The molecule has 2 fully saturated rings. The topological polar surface area (TPSA) is 69.9 Å². The van der Waals surface area contributed by atoms with Crippen LogP contribution in [0.4, 0.5) is 41.2 Å². The fourth-order valence-electron chi connectivity index (χ4n) is 5.64. The fraction of sp³-hybridized carbons (Fsp3) is 0.500. The van der Waals surface area contributed by atoms with Gasteiger partial charge in [0.1, 0.15) is 5.82 Å². The molecule has 2 aromatic carbocycles. The Labute approximate surface area is 232 Å². The molecule has 3 amide bonds. The zero-order valence-electron chi connectivity index (χ0n) is 22.5. The molecule has 2 unspecified atom stereocenters. The molecule has 224 valence electrons. The van der Waals surface area contributed by atoms with E-state index in [-0.39, 0.29) is 37.0 Å². The molecule has 0 radical (unpaired) electrons. The molecule has 1 aliphatic carbocycles. The molecule has 0 aromatic heterocycles. The van der Waals surface area contributed by atoms with Crippen molar-refractivity contribution in [2.75, 3.05) is 32.1 Å². The highest BCUT2D eigenvalue weighted by Crippen LogP contribution is 2.39. The Morgan fingerprint density at radius 3 is 1.90 bits per heavy atom. The van der Waals surface area contributed by atoms with Crippen LogP contribution in [0.25, 0.3) is 0 Å². The van der Waals surface area contributed by atoms with Crippen LogP contribution in [0, 0.1) is 11.7 Å². The first-order valence-electron chi connectivity index (χ1n) is 13.2. The van der Waals surface area contributed by atoms with E-state index in [1.165, 1.54) is 36.2 Å². The van der Waals surface area contributed by atoms with Gasteiger partial charge in [-0.05, 0) is 61.6 Å². The first-order chi connectivity index (χ1) is 19.1. The number of carbonyl (C=O) groups is 2. The summed E-state index contributed by atoms with van der Waals surface area (Å²) in [5, 5.41) is 0. The summed E-state index contributed by atoms with van der Waals surface area (Å²) in [7, 11) is 2.47. The molecule has 0 bridgehead atoms. The van der Waals surface area contributed by atoms with Crippen LogP contribution >= 0.6 is 0 Å². The molecule has 2 atom stereocenters. The summed E-state index contributed by atoms with van der Waals surface area (Å²) in [5.41, 5.74) is 2.93. The highest BCUT2D eigenvalue weighted by Gasteiger charge is 2.43. The van der Waals surface area contributed by atoms with Crippen LogP contribution in [0.15, 0.2) is 42.5 Å². The van der Waals surface area contributed by atoms with Crippen molar-refractivity contribution in [3.8, 4) is 0 Å². The van der Waals surface area contributed by atoms with E-state index in [0.29, 0.717) is 43.4 Å². The van der Waals surface area contributed by atoms with Gasteiger partial charge in [0, 0.05) is 50.7 Å². The third-order valence-corrected chi connectivity index (χ3v) is 8.07. The monoisotopic (exact) mass is 588 g/mol. The molecule has 1 saturated carbocycles. The summed E-state index contributed by atoms with van der Waals surface area (Å²) in [5.74, 6) is -1.30. The van der Waals surface area contributed by atoms with Gasteiger partial charge in [-0.2, -0.15) is 26.3 Å². The van der Waals surface area contributed by atoms with E-state index < -0.39 is 53.0 Å². The Balaban J connectivity index is 1.62. The number of hydrogen-bond acceptors (Lipinski definition) is 3. The minimum absolute atomic E-state index is 0.00527. The second-order valence-electron chi connectivity index (χ2n) is 10.8. The number of urea groups is 1. The normalized spacial score (nSPS) is 23.4. The molecule has 4 rings (SSSR count). The van der Waals surface area contributed by atoms with E-state index in [1.807, 2.05) is 0 Å². The van der Waals surface area contributed by atoms with E-state index in [9.17, 15) is 40.3 Å². The maximum Gasteiger partial charge on any atom is 0.416 e. The highest BCUT2D eigenvalue weighted by molar-refractivity contribution is 5.92. The molecular formula is C28H31F7N4O2. The van der Waals surface area contributed by atoms with Gasteiger partial charge in [0.25, 0.3) is 0 Å². The molecule has 13 heteroatoms. The second-order valence-corrected chi connectivity index (χ2v) is 10.8. The van der Waals surface area contributed by atoms with Gasteiger partial charge in [0.15, 0.2) is 0 Å². The molecule has 6 nitrogen and oxygen atoms in total. The summed E-state index contributed by atoms with van der Waals surface area (Å²) in [4.78, 5) is 30.5.